The molecule has 3 nitrogen and oxygen atoms in total. The van der Waals surface area contributed by atoms with E-state index in [0.717, 1.165) is 27.9 Å². The number of esters is 1. The van der Waals surface area contributed by atoms with Crippen LogP contribution in [0.15, 0.2) is 59.0 Å². The molecule has 0 saturated carbocycles. The Hall–Kier alpha value is -2.55. The van der Waals surface area contributed by atoms with E-state index in [2.05, 4.69) is 0 Å². The van der Waals surface area contributed by atoms with E-state index in [1.807, 2.05) is 54.6 Å². The third-order valence-corrected chi connectivity index (χ3v) is 3.11. The molecule has 0 atom stereocenters. The predicted octanol–water partition coefficient (Wildman–Crippen LogP) is 4.16. The van der Waals surface area contributed by atoms with Crippen LogP contribution in [-0.4, -0.2) is 5.97 Å². The molecule has 0 aliphatic rings. The van der Waals surface area contributed by atoms with E-state index in [1.54, 1.807) is 0 Å². The summed E-state index contributed by atoms with van der Waals surface area (Å²) in [5, 5.41) is 1.09. The van der Waals surface area contributed by atoms with Crippen molar-refractivity contribution in [3.63, 3.8) is 0 Å². The zero-order valence-electron chi connectivity index (χ0n) is 11.1. The molecule has 0 unspecified atom stereocenters. The molecule has 100 valence electrons. The molecule has 0 saturated heterocycles. The third kappa shape index (κ3) is 2.57. The number of hydrogen-bond acceptors (Lipinski definition) is 3. The minimum absolute atomic E-state index is 0.272. The summed E-state index contributed by atoms with van der Waals surface area (Å²) in [5.74, 6) is 0.566. The molecule has 3 rings (SSSR count). The largest absolute Gasteiger partial charge is 0.461 e. The van der Waals surface area contributed by atoms with Crippen molar-refractivity contribution in [2.24, 2.45) is 0 Å². The number of carbonyl (C=O) groups is 1. The molecule has 0 radical (unpaired) electrons. The Bertz CT molecular complexity index is 705. The van der Waals surface area contributed by atoms with Gasteiger partial charge in [-0.05, 0) is 17.7 Å². The summed E-state index contributed by atoms with van der Waals surface area (Å²) >= 11 is 0. The number of fused-ring (bicyclic) bond motifs is 1. The maximum absolute atomic E-state index is 10.8. The molecule has 0 aliphatic carbocycles. The van der Waals surface area contributed by atoms with E-state index >= 15 is 0 Å². The maximum Gasteiger partial charge on any atom is 0.302 e. The highest BCUT2D eigenvalue weighted by Gasteiger charge is 2.05. The van der Waals surface area contributed by atoms with E-state index in [1.165, 1.54) is 6.92 Å². The Labute approximate surface area is 116 Å². The second kappa shape index (κ2) is 5.21. The van der Waals surface area contributed by atoms with Crippen LogP contribution < -0.4 is 0 Å². The van der Waals surface area contributed by atoms with Crippen molar-refractivity contribution in [3.05, 3.63) is 60.2 Å². The standard InChI is InChI=1S/C17H14O3/c1-12(18)19-11-13-6-8-14(9-7-13)17-10-15-4-2-3-5-16(15)20-17/h2-10H,11H2,1H3. The summed E-state index contributed by atoms with van der Waals surface area (Å²) in [7, 11) is 0. The quantitative estimate of drug-likeness (QED) is 0.668. The van der Waals surface area contributed by atoms with Gasteiger partial charge in [0.2, 0.25) is 0 Å². The highest BCUT2D eigenvalue weighted by Crippen LogP contribution is 2.27. The van der Waals surface area contributed by atoms with E-state index in [-0.39, 0.29) is 5.97 Å². The van der Waals surface area contributed by atoms with Crippen LogP contribution in [0.5, 0.6) is 0 Å². The number of rotatable bonds is 3. The van der Waals surface area contributed by atoms with Crippen molar-refractivity contribution in [3.8, 4) is 11.3 Å². The van der Waals surface area contributed by atoms with Gasteiger partial charge in [0, 0.05) is 17.9 Å². The van der Waals surface area contributed by atoms with Crippen LogP contribution in [0.1, 0.15) is 12.5 Å². The van der Waals surface area contributed by atoms with Gasteiger partial charge >= 0.3 is 5.97 Å². The van der Waals surface area contributed by atoms with Gasteiger partial charge < -0.3 is 9.15 Å². The fourth-order valence-electron chi connectivity index (χ4n) is 2.07. The molecule has 0 N–H and O–H groups in total. The monoisotopic (exact) mass is 266 g/mol. The first-order valence-corrected chi connectivity index (χ1v) is 6.43. The first-order valence-electron chi connectivity index (χ1n) is 6.43. The minimum Gasteiger partial charge on any atom is -0.461 e. The molecule has 2 aromatic carbocycles. The predicted molar refractivity (Wildman–Crippen MR) is 77.1 cm³/mol. The summed E-state index contributed by atoms with van der Waals surface area (Å²) in [6, 6.07) is 17.8. The number of hydrogen-bond donors (Lipinski definition) is 0. The van der Waals surface area contributed by atoms with Crippen molar-refractivity contribution >= 4 is 16.9 Å². The summed E-state index contributed by atoms with van der Waals surface area (Å²) in [4.78, 5) is 10.8. The normalized spacial score (nSPS) is 10.7. The number of carbonyl (C=O) groups excluding carboxylic acids is 1. The van der Waals surface area contributed by atoms with E-state index in [0.29, 0.717) is 6.61 Å². The average Bonchev–Trinajstić information content (AvgIpc) is 2.89. The van der Waals surface area contributed by atoms with Gasteiger partial charge in [-0.15, -0.1) is 0 Å². The number of benzene rings is 2. The molecule has 0 spiro atoms. The van der Waals surface area contributed by atoms with Crippen LogP contribution in [0.4, 0.5) is 0 Å². The van der Waals surface area contributed by atoms with Crippen LogP contribution in [0.3, 0.4) is 0 Å². The Kier molecular flexibility index (Phi) is 3.25. The smallest absolute Gasteiger partial charge is 0.302 e. The Morgan fingerprint density at radius 2 is 1.85 bits per heavy atom. The SMILES string of the molecule is CC(=O)OCc1ccc(-c2cc3ccccc3o2)cc1. The Balaban J connectivity index is 1.85. The molecular formula is C17H14O3. The van der Waals surface area contributed by atoms with Gasteiger partial charge in [-0.25, -0.2) is 0 Å². The average molecular weight is 266 g/mol. The lowest BCUT2D eigenvalue weighted by Crippen LogP contribution is -1.98. The second-order valence-corrected chi connectivity index (χ2v) is 4.63. The molecule has 1 aromatic heterocycles. The first-order chi connectivity index (χ1) is 9.72. The molecule has 0 aliphatic heterocycles. The van der Waals surface area contributed by atoms with Gasteiger partial charge in [0.15, 0.2) is 0 Å². The fraction of sp³-hybridized carbons (Fsp3) is 0.118. The lowest BCUT2D eigenvalue weighted by atomic mass is 10.1. The molecule has 20 heavy (non-hydrogen) atoms. The van der Waals surface area contributed by atoms with Crippen molar-refractivity contribution in [2.45, 2.75) is 13.5 Å². The van der Waals surface area contributed by atoms with Crippen LogP contribution in [0, 0.1) is 0 Å². The molecule has 0 bridgehead atoms. The summed E-state index contributed by atoms with van der Waals surface area (Å²) in [6.07, 6.45) is 0. The van der Waals surface area contributed by atoms with Crippen LogP contribution in [-0.2, 0) is 16.1 Å². The number of ether oxygens (including phenoxy) is 1. The molecule has 1 heterocycles. The van der Waals surface area contributed by atoms with Gasteiger partial charge in [0.1, 0.15) is 18.0 Å². The highest BCUT2D eigenvalue weighted by molar-refractivity contribution is 5.82. The molecular weight excluding hydrogens is 252 g/mol. The number of para-hydroxylation sites is 1. The Morgan fingerprint density at radius 1 is 1.10 bits per heavy atom. The topological polar surface area (TPSA) is 39.4 Å². The third-order valence-electron chi connectivity index (χ3n) is 3.11. The van der Waals surface area contributed by atoms with E-state index in [9.17, 15) is 4.79 Å². The second-order valence-electron chi connectivity index (χ2n) is 4.63. The van der Waals surface area contributed by atoms with Crippen LogP contribution in [0.25, 0.3) is 22.3 Å². The highest BCUT2D eigenvalue weighted by atomic mass is 16.5. The van der Waals surface area contributed by atoms with E-state index < -0.39 is 0 Å². The molecule has 3 aromatic rings. The summed E-state index contributed by atoms with van der Waals surface area (Å²) < 4.78 is 10.8. The summed E-state index contributed by atoms with van der Waals surface area (Å²) in [5.41, 5.74) is 2.85. The van der Waals surface area contributed by atoms with Gasteiger partial charge in [-0.1, -0.05) is 42.5 Å². The zero-order valence-corrected chi connectivity index (χ0v) is 11.1. The lowest BCUT2D eigenvalue weighted by Gasteiger charge is -2.03. The molecule has 3 heteroatoms. The Morgan fingerprint density at radius 3 is 2.55 bits per heavy atom. The minimum atomic E-state index is -0.272. The van der Waals surface area contributed by atoms with Crippen molar-refractivity contribution in [2.75, 3.05) is 0 Å². The number of furan rings is 1. The van der Waals surface area contributed by atoms with Gasteiger partial charge in [0.25, 0.3) is 0 Å². The zero-order chi connectivity index (χ0) is 13.9. The maximum atomic E-state index is 10.8. The lowest BCUT2D eigenvalue weighted by molar-refractivity contribution is -0.142. The van der Waals surface area contributed by atoms with Gasteiger partial charge in [0.05, 0.1) is 0 Å². The van der Waals surface area contributed by atoms with E-state index in [4.69, 9.17) is 9.15 Å². The van der Waals surface area contributed by atoms with Crippen molar-refractivity contribution < 1.29 is 13.9 Å². The summed E-state index contributed by atoms with van der Waals surface area (Å²) in [6.45, 7) is 1.71. The molecule has 0 amide bonds. The van der Waals surface area contributed by atoms with Crippen LogP contribution in [0.2, 0.25) is 0 Å². The molecule has 0 fully saturated rings. The first kappa shape index (κ1) is 12.5. The van der Waals surface area contributed by atoms with Crippen molar-refractivity contribution in [1.82, 2.24) is 0 Å². The van der Waals surface area contributed by atoms with Crippen LogP contribution >= 0.6 is 0 Å². The van der Waals surface area contributed by atoms with Gasteiger partial charge in [-0.3, -0.25) is 4.79 Å². The van der Waals surface area contributed by atoms with Gasteiger partial charge in [-0.2, -0.15) is 0 Å². The fourth-order valence-corrected chi connectivity index (χ4v) is 2.07. The van der Waals surface area contributed by atoms with Crippen molar-refractivity contribution in [1.29, 1.82) is 0 Å².